The molecule has 20 heavy (non-hydrogen) atoms. The summed E-state index contributed by atoms with van der Waals surface area (Å²) in [7, 11) is 1.58. The van der Waals surface area contributed by atoms with E-state index in [2.05, 4.69) is 32.0 Å². The number of nitrogens with zero attached hydrogens (tertiary/aromatic N) is 1. The number of carbonyl (C=O) groups is 1. The van der Waals surface area contributed by atoms with E-state index in [-0.39, 0.29) is 12.5 Å². The lowest BCUT2D eigenvalue weighted by Gasteiger charge is -2.08. The molecule has 0 saturated carbocycles. The van der Waals surface area contributed by atoms with E-state index in [0.29, 0.717) is 19.1 Å². The highest BCUT2D eigenvalue weighted by Crippen LogP contribution is 2.22. The number of aromatic nitrogens is 1. The fraction of sp³-hybridized carbons (Fsp3) is 0.438. The fourth-order valence-electron chi connectivity index (χ4n) is 2.14. The van der Waals surface area contributed by atoms with Crippen LogP contribution in [0.25, 0.3) is 10.9 Å². The summed E-state index contributed by atoms with van der Waals surface area (Å²) >= 11 is 0. The van der Waals surface area contributed by atoms with Crippen LogP contribution in [0.15, 0.2) is 30.5 Å². The minimum absolute atomic E-state index is 0.230. The molecule has 0 radical (unpaired) electrons. The first-order valence-corrected chi connectivity index (χ1v) is 6.85. The van der Waals surface area contributed by atoms with Crippen LogP contribution in [-0.4, -0.2) is 30.9 Å². The molecule has 108 valence electrons. The van der Waals surface area contributed by atoms with Crippen molar-refractivity contribution in [3.05, 3.63) is 36.0 Å². The third-order valence-corrected chi connectivity index (χ3v) is 3.31. The highest BCUT2D eigenvalue weighted by atomic mass is 16.6. The first kappa shape index (κ1) is 14.6. The molecule has 1 aromatic heterocycles. The van der Waals surface area contributed by atoms with E-state index < -0.39 is 0 Å². The van der Waals surface area contributed by atoms with E-state index in [1.54, 1.807) is 7.11 Å². The van der Waals surface area contributed by atoms with Gasteiger partial charge < -0.3 is 14.0 Å². The van der Waals surface area contributed by atoms with E-state index in [1.165, 1.54) is 5.56 Å². The molecule has 1 heterocycles. The normalized spacial score (nSPS) is 11.2. The fourth-order valence-corrected chi connectivity index (χ4v) is 2.14. The Balaban J connectivity index is 2.09. The Kier molecular flexibility index (Phi) is 4.79. The molecular weight excluding hydrogens is 254 g/mol. The van der Waals surface area contributed by atoms with Gasteiger partial charge in [0.15, 0.2) is 0 Å². The van der Waals surface area contributed by atoms with Crippen LogP contribution in [0.2, 0.25) is 0 Å². The minimum atomic E-state index is -0.243. The number of hydrogen-bond acceptors (Lipinski definition) is 3. The first-order chi connectivity index (χ1) is 9.61. The van der Waals surface area contributed by atoms with Crippen molar-refractivity contribution in [3.63, 3.8) is 0 Å². The van der Waals surface area contributed by atoms with Crippen molar-refractivity contribution >= 4 is 16.9 Å². The molecule has 4 heteroatoms. The SMILES string of the molecule is COCCOC(=O)Cn1ccc2cc(C(C)C)ccc21. The molecule has 1 aromatic carbocycles. The molecule has 0 saturated heterocycles. The highest BCUT2D eigenvalue weighted by molar-refractivity contribution is 5.82. The summed E-state index contributed by atoms with van der Waals surface area (Å²) < 4.78 is 11.8. The van der Waals surface area contributed by atoms with Crippen molar-refractivity contribution in [1.82, 2.24) is 4.57 Å². The zero-order valence-electron chi connectivity index (χ0n) is 12.3. The van der Waals surface area contributed by atoms with Gasteiger partial charge in [-0.1, -0.05) is 19.9 Å². The molecule has 0 N–H and O–H groups in total. The molecule has 0 amide bonds. The molecule has 0 unspecified atom stereocenters. The number of ether oxygens (including phenoxy) is 2. The van der Waals surface area contributed by atoms with Crippen LogP contribution in [0, 0.1) is 0 Å². The number of fused-ring (bicyclic) bond motifs is 1. The van der Waals surface area contributed by atoms with Crippen molar-refractivity contribution in [3.8, 4) is 0 Å². The minimum Gasteiger partial charge on any atom is -0.462 e. The Hall–Kier alpha value is -1.81. The Bertz CT molecular complexity index is 586. The molecule has 0 aliphatic heterocycles. The van der Waals surface area contributed by atoms with Crippen LogP contribution in [0.3, 0.4) is 0 Å². The molecule has 4 nitrogen and oxygen atoms in total. The molecule has 0 fully saturated rings. The van der Waals surface area contributed by atoms with Gasteiger partial charge in [-0.2, -0.15) is 0 Å². The molecular formula is C16H21NO3. The predicted molar refractivity (Wildman–Crippen MR) is 78.9 cm³/mol. The topological polar surface area (TPSA) is 40.5 Å². The third kappa shape index (κ3) is 3.39. The number of rotatable bonds is 6. The number of methoxy groups -OCH3 is 1. The Morgan fingerprint density at radius 3 is 2.75 bits per heavy atom. The van der Waals surface area contributed by atoms with Crippen LogP contribution >= 0.6 is 0 Å². The van der Waals surface area contributed by atoms with Crippen LogP contribution < -0.4 is 0 Å². The number of hydrogen-bond donors (Lipinski definition) is 0. The maximum atomic E-state index is 11.7. The van der Waals surface area contributed by atoms with Gasteiger partial charge in [0.1, 0.15) is 13.2 Å². The second-order valence-electron chi connectivity index (χ2n) is 5.13. The average Bonchev–Trinajstić information content (AvgIpc) is 2.81. The summed E-state index contributed by atoms with van der Waals surface area (Å²) in [6.07, 6.45) is 1.92. The van der Waals surface area contributed by atoms with E-state index in [9.17, 15) is 4.79 Å². The third-order valence-electron chi connectivity index (χ3n) is 3.31. The van der Waals surface area contributed by atoms with Crippen LogP contribution in [0.5, 0.6) is 0 Å². The van der Waals surface area contributed by atoms with E-state index in [0.717, 1.165) is 10.9 Å². The highest BCUT2D eigenvalue weighted by Gasteiger charge is 2.08. The van der Waals surface area contributed by atoms with Crippen LogP contribution in [0.1, 0.15) is 25.3 Å². The van der Waals surface area contributed by atoms with Gasteiger partial charge in [-0.15, -0.1) is 0 Å². The first-order valence-electron chi connectivity index (χ1n) is 6.85. The molecule has 0 spiro atoms. The number of carbonyl (C=O) groups excluding carboxylic acids is 1. The van der Waals surface area contributed by atoms with Crippen LogP contribution in [0.4, 0.5) is 0 Å². The Morgan fingerprint density at radius 2 is 2.05 bits per heavy atom. The van der Waals surface area contributed by atoms with Gasteiger partial charge in [-0.25, -0.2) is 0 Å². The summed E-state index contributed by atoms with van der Waals surface area (Å²) in [5.41, 5.74) is 2.36. The van der Waals surface area contributed by atoms with Gasteiger partial charge in [0, 0.05) is 18.8 Å². The number of benzene rings is 1. The molecule has 0 atom stereocenters. The summed E-state index contributed by atoms with van der Waals surface area (Å²) in [5.74, 6) is 0.259. The lowest BCUT2D eigenvalue weighted by molar-refractivity contribution is -0.145. The van der Waals surface area contributed by atoms with Crippen molar-refractivity contribution in [2.24, 2.45) is 0 Å². The van der Waals surface area contributed by atoms with E-state index >= 15 is 0 Å². The monoisotopic (exact) mass is 275 g/mol. The smallest absolute Gasteiger partial charge is 0.326 e. The van der Waals surface area contributed by atoms with Gasteiger partial charge in [0.05, 0.1) is 6.61 Å². The molecule has 2 aromatic rings. The molecule has 2 rings (SSSR count). The van der Waals surface area contributed by atoms with Crippen molar-refractivity contribution in [1.29, 1.82) is 0 Å². The van der Waals surface area contributed by atoms with E-state index in [4.69, 9.17) is 9.47 Å². The lowest BCUT2D eigenvalue weighted by atomic mass is 10.0. The molecule has 0 bridgehead atoms. The quantitative estimate of drug-likeness (QED) is 0.601. The zero-order valence-corrected chi connectivity index (χ0v) is 12.3. The Morgan fingerprint density at radius 1 is 1.25 bits per heavy atom. The van der Waals surface area contributed by atoms with Crippen LogP contribution in [-0.2, 0) is 20.8 Å². The summed E-state index contributed by atoms with van der Waals surface area (Å²) in [6, 6.07) is 8.38. The summed E-state index contributed by atoms with van der Waals surface area (Å²) in [4.78, 5) is 11.7. The van der Waals surface area contributed by atoms with Gasteiger partial charge in [-0.05, 0) is 35.1 Å². The zero-order chi connectivity index (χ0) is 14.5. The second-order valence-corrected chi connectivity index (χ2v) is 5.13. The van der Waals surface area contributed by atoms with E-state index in [1.807, 2.05) is 16.8 Å². The molecule has 0 aliphatic carbocycles. The largest absolute Gasteiger partial charge is 0.462 e. The standard InChI is InChI=1S/C16H21NO3/c1-12(2)13-4-5-15-14(10-13)6-7-17(15)11-16(18)20-9-8-19-3/h4-7,10,12H,8-9,11H2,1-3H3. The summed E-state index contributed by atoms with van der Waals surface area (Å²) in [6.45, 7) is 5.30. The summed E-state index contributed by atoms with van der Waals surface area (Å²) in [5, 5.41) is 1.15. The van der Waals surface area contributed by atoms with Gasteiger partial charge in [-0.3, -0.25) is 4.79 Å². The maximum absolute atomic E-state index is 11.7. The van der Waals surface area contributed by atoms with Crippen molar-refractivity contribution in [2.45, 2.75) is 26.3 Å². The Labute approximate surface area is 119 Å². The van der Waals surface area contributed by atoms with Gasteiger partial charge >= 0.3 is 5.97 Å². The second kappa shape index (κ2) is 6.57. The van der Waals surface area contributed by atoms with Crippen molar-refractivity contribution < 1.29 is 14.3 Å². The number of esters is 1. The average molecular weight is 275 g/mol. The molecule has 0 aliphatic rings. The van der Waals surface area contributed by atoms with Gasteiger partial charge in [0.2, 0.25) is 0 Å². The lowest BCUT2D eigenvalue weighted by Crippen LogP contribution is -2.15. The van der Waals surface area contributed by atoms with Crippen molar-refractivity contribution in [2.75, 3.05) is 20.3 Å². The van der Waals surface area contributed by atoms with Gasteiger partial charge in [0.25, 0.3) is 0 Å². The maximum Gasteiger partial charge on any atom is 0.326 e. The predicted octanol–water partition coefficient (Wildman–Crippen LogP) is 2.95.